The van der Waals surface area contributed by atoms with Crippen LogP contribution >= 0.6 is 0 Å². The third-order valence-corrected chi connectivity index (χ3v) is 5.37. The normalized spacial score (nSPS) is 12.0. The molecule has 0 aliphatic heterocycles. The smallest absolute Gasteiger partial charge is 0.352 e. The van der Waals surface area contributed by atoms with Crippen LogP contribution in [-0.2, 0) is 23.6 Å². The molecule has 15 heteroatoms. The maximum atomic E-state index is 14.0. The lowest BCUT2D eigenvalue weighted by atomic mass is 10.1. The quantitative estimate of drug-likeness (QED) is 0.331. The van der Waals surface area contributed by atoms with Gasteiger partial charge in [0.25, 0.3) is 5.91 Å². The number of hydrogen-bond acceptors (Lipinski definition) is 5. The SMILES string of the molecule is CC(=O)Nc1cn2nc(-c3cnc(C(F)(F)F)c(C(=O)NCCc4cc(C(F)(F)F)ccc4F)c3)ccc2n1. The van der Waals surface area contributed by atoms with Gasteiger partial charge in [0, 0.05) is 25.2 Å². The Morgan fingerprint density at radius 1 is 1.00 bits per heavy atom. The van der Waals surface area contributed by atoms with Gasteiger partial charge in [-0.2, -0.15) is 31.4 Å². The molecule has 0 spiro atoms. The van der Waals surface area contributed by atoms with Crippen LogP contribution in [0, 0.1) is 5.82 Å². The van der Waals surface area contributed by atoms with Crippen LogP contribution in [0.2, 0.25) is 0 Å². The number of fused-ring (bicyclic) bond motifs is 1. The van der Waals surface area contributed by atoms with E-state index < -0.39 is 53.9 Å². The lowest BCUT2D eigenvalue weighted by molar-refractivity contribution is -0.141. The molecule has 0 aliphatic carbocycles. The number of rotatable bonds is 6. The van der Waals surface area contributed by atoms with Crippen LogP contribution in [0.4, 0.5) is 36.6 Å². The molecule has 4 rings (SSSR count). The third-order valence-electron chi connectivity index (χ3n) is 5.37. The Morgan fingerprint density at radius 3 is 2.41 bits per heavy atom. The summed E-state index contributed by atoms with van der Waals surface area (Å²) >= 11 is 0. The molecule has 0 bridgehead atoms. The van der Waals surface area contributed by atoms with E-state index in [0.29, 0.717) is 23.8 Å². The van der Waals surface area contributed by atoms with E-state index in [1.807, 2.05) is 0 Å². The van der Waals surface area contributed by atoms with Gasteiger partial charge >= 0.3 is 12.4 Å². The number of halogens is 7. The van der Waals surface area contributed by atoms with Crippen molar-refractivity contribution in [2.75, 3.05) is 11.9 Å². The van der Waals surface area contributed by atoms with Crippen LogP contribution < -0.4 is 10.6 Å². The van der Waals surface area contributed by atoms with Crippen molar-refractivity contribution in [1.29, 1.82) is 0 Å². The van der Waals surface area contributed by atoms with Gasteiger partial charge in [-0.1, -0.05) is 0 Å². The van der Waals surface area contributed by atoms with E-state index in [-0.39, 0.29) is 28.5 Å². The van der Waals surface area contributed by atoms with E-state index >= 15 is 0 Å². The van der Waals surface area contributed by atoms with Gasteiger partial charge in [0.1, 0.15) is 5.82 Å². The highest BCUT2D eigenvalue weighted by Crippen LogP contribution is 2.33. The number of alkyl halides is 6. The summed E-state index contributed by atoms with van der Waals surface area (Å²) in [5.41, 5.74) is -3.36. The minimum atomic E-state index is -5.01. The fourth-order valence-corrected chi connectivity index (χ4v) is 3.63. The Hall–Kier alpha value is -4.56. The summed E-state index contributed by atoms with van der Waals surface area (Å²) in [5.74, 6) is -2.37. The summed E-state index contributed by atoms with van der Waals surface area (Å²) in [6, 6.07) is 5.56. The van der Waals surface area contributed by atoms with Crippen LogP contribution in [0.15, 0.2) is 48.8 Å². The van der Waals surface area contributed by atoms with Crippen molar-refractivity contribution in [2.45, 2.75) is 25.7 Å². The number of aromatic nitrogens is 4. The molecule has 4 aromatic rings. The zero-order chi connectivity index (χ0) is 28.5. The number of pyridine rings is 1. The number of hydrogen-bond donors (Lipinski definition) is 2. The zero-order valence-corrected chi connectivity index (χ0v) is 19.8. The Morgan fingerprint density at radius 2 is 1.74 bits per heavy atom. The van der Waals surface area contributed by atoms with Gasteiger partial charge in [0.05, 0.1) is 23.0 Å². The van der Waals surface area contributed by atoms with E-state index in [9.17, 15) is 40.3 Å². The second kappa shape index (κ2) is 10.3. The number of imidazole rings is 1. The fourth-order valence-electron chi connectivity index (χ4n) is 3.63. The third kappa shape index (κ3) is 6.30. The molecular weight excluding hydrogens is 537 g/mol. The largest absolute Gasteiger partial charge is 0.434 e. The van der Waals surface area contributed by atoms with Crippen LogP contribution in [0.1, 0.15) is 34.1 Å². The molecule has 204 valence electrons. The number of carbonyl (C=O) groups excluding carboxylic acids is 2. The number of benzene rings is 1. The number of carbonyl (C=O) groups is 2. The van der Waals surface area contributed by atoms with Gasteiger partial charge < -0.3 is 10.6 Å². The lowest BCUT2D eigenvalue weighted by Crippen LogP contribution is -2.29. The average Bonchev–Trinajstić information content (AvgIpc) is 3.24. The molecule has 3 aromatic heterocycles. The highest BCUT2D eigenvalue weighted by atomic mass is 19.4. The number of amides is 2. The molecule has 8 nitrogen and oxygen atoms in total. The van der Waals surface area contributed by atoms with Crippen molar-refractivity contribution < 1.29 is 40.3 Å². The maximum absolute atomic E-state index is 14.0. The molecule has 3 heterocycles. The van der Waals surface area contributed by atoms with Crippen molar-refractivity contribution in [3.63, 3.8) is 0 Å². The van der Waals surface area contributed by atoms with Gasteiger partial charge in [-0.3, -0.25) is 14.6 Å². The summed E-state index contributed by atoms with van der Waals surface area (Å²) in [5, 5.41) is 8.86. The van der Waals surface area contributed by atoms with Gasteiger partial charge in [0.15, 0.2) is 17.2 Å². The van der Waals surface area contributed by atoms with E-state index in [1.165, 1.54) is 29.8 Å². The summed E-state index contributed by atoms with van der Waals surface area (Å²) < 4.78 is 94.7. The summed E-state index contributed by atoms with van der Waals surface area (Å²) in [4.78, 5) is 31.5. The molecule has 0 unspecified atom stereocenters. The molecular formula is C24H17F7N6O2. The summed E-state index contributed by atoms with van der Waals surface area (Å²) in [6.07, 6.45) is -7.90. The topological polar surface area (TPSA) is 101 Å². The first kappa shape index (κ1) is 27.5. The van der Waals surface area contributed by atoms with E-state index in [1.54, 1.807) is 0 Å². The van der Waals surface area contributed by atoms with Crippen molar-refractivity contribution in [3.8, 4) is 11.3 Å². The Balaban J connectivity index is 1.59. The Labute approximate surface area is 214 Å². The van der Waals surface area contributed by atoms with E-state index in [4.69, 9.17) is 0 Å². The Bertz CT molecular complexity index is 1560. The highest BCUT2D eigenvalue weighted by molar-refractivity contribution is 5.96. The maximum Gasteiger partial charge on any atom is 0.434 e. The van der Waals surface area contributed by atoms with Crippen molar-refractivity contribution in [1.82, 2.24) is 24.9 Å². The minimum absolute atomic E-state index is 0.0359. The first-order chi connectivity index (χ1) is 18.2. The van der Waals surface area contributed by atoms with Crippen molar-refractivity contribution in [3.05, 3.63) is 77.0 Å². The number of anilines is 1. The standard InChI is InChI=1S/C24H17F7N6O2/c1-12(38)34-19-11-37-20(35-19)5-4-18(36-37)14-9-16(21(33-10-14)24(29,30)31)22(39)32-7-6-13-8-15(23(26,27)28)2-3-17(13)25/h2-5,8-11H,6-7H2,1H3,(H,32,39)(H,34,38). The second-order valence-electron chi connectivity index (χ2n) is 8.26. The predicted octanol–water partition coefficient (Wildman–Crippen LogP) is 4.90. The van der Waals surface area contributed by atoms with Crippen LogP contribution in [-0.4, -0.2) is 37.9 Å². The van der Waals surface area contributed by atoms with Gasteiger partial charge in [-0.25, -0.2) is 13.9 Å². The average molecular weight is 554 g/mol. The molecule has 0 fully saturated rings. The molecule has 0 saturated carbocycles. The van der Waals surface area contributed by atoms with E-state index in [2.05, 4.69) is 25.7 Å². The highest BCUT2D eigenvalue weighted by Gasteiger charge is 2.37. The minimum Gasteiger partial charge on any atom is -0.352 e. The monoisotopic (exact) mass is 554 g/mol. The van der Waals surface area contributed by atoms with Gasteiger partial charge in [-0.05, 0) is 48.4 Å². The van der Waals surface area contributed by atoms with Crippen LogP contribution in [0.25, 0.3) is 16.9 Å². The van der Waals surface area contributed by atoms with Gasteiger partial charge in [0.2, 0.25) is 5.91 Å². The van der Waals surface area contributed by atoms with E-state index in [0.717, 1.165) is 12.3 Å². The summed E-state index contributed by atoms with van der Waals surface area (Å²) in [6.45, 7) is 0.823. The fraction of sp³-hybridized carbons (Fsp3) is 0.208. The molecule has 2 N–H and O–H groups in total. The molecule has 2 amide bonds. The van der Waals surface area contributed by atoms with Crippen molar-refractivity contribution >= 4 is 23.3 Å². The molecule has 0 radical (unpaired) electrons. The summed E-state index contributed by atoms with van der Waals surface area (Å²) in [7, 11) is 0. The molecule has 0 saturated heterocycles. The number of nitrogens with one attached hydrogen (secondary N) is 2. The first-order valence-electron chi connectivity index (χ1n) is 11.1. The Kier molecular flexibility index (Phi) is 7.26. The molecule has 39 heavy (non-hydrogen) atoms. The molecule has 1 aromatic carbocycles. The zero-order valence-electron chi connectivity index (χ0n) is 19.8. The first-order valence-corrected chi connectivity index (χ1v) is 11.1. The predicted molar refractivity (Wildman–Crippen MR) is 123 cm³/mol. The molecule has 0 atom stereocenters. The van der Waals surface area contributed by atoms with Crippen LogP contribution in [0.3, 0.4) is 0 Å². The van der Waals surface area contributed by atoms with Gasteiger partial charge in [-0.15, -0.1) is 0 Å². The number of nitrogens with zero attached hydrogens (tertiary/aromatic N) is 4. The molecule has 0 aliphatic rings. The van der Waals surface area contributed by atoms with Crippen molar-refractivity contribution in [2.24, 2.45) is 0 Å². The van der Waals surface area contributed by atoms with Crippen LogP contribution in [0.5, 0.6) is 0 Å². The lowest BCUT2D eigenvalue weighted by Gasteiger charge is -2.14. The second-order valence-corrected chi connectivity index (χ2v) is 8.26.